The topological polar surface area (TPSA) is 111 Å². The molecule has 0 spiro atoms. The second-order valence-corrected chi connectivity index (χ2v) is 5.89. The number of nitrogens with two attached hydrogens (primary N) is 1. The highest BCUT2D eigenvalue weighted by molar-refractivity contribution is 6.06. The van der Waals surface area contributed by atoms with Crippen molar-refractivity contribution in [2.75, 3.05) is 24.6 Å². The SMILES string of the molecule is CNCC(Cc1ccccc1)n1cc(NC(=O)c2cncnc2N)cn1. The largest absolute Gasteiger partial charge is 0.383 e. The van der Waals surface area contributed by atoms with E-state index in [2.05, 4.69) is 37.8 Å². The van der Waals surface area contributed by atoms with Crippen molar-refractivity contribution in [2.24, 2.45) is 0 Å². The molecule has 2 heterocycles. The number of rotatable bonds is 7. The second-order valence-electron chi connectivity index (χ2n) is 5.89. The Balaban J connectivity index is 1.72. The first-order valence-corrected chi connectivity index (χ1v) is 8.27. The van der Waals surface area contributed by atoms with Crippen molar-refractivity contribution in [3.63, 3.8) is 0 Å². The zero-order valence-electron chi connectivity index (χ0n) is 14.5. The minimum Gasteiger partial charge on any atom is -0.383 e. The number of carbonyl (C=O) groups is 1. The van der Waals surface area contributed by atoms with Crippen LogP contribution >= 0.6 is 0 Å². The number of nitrogens with one attached hydrogen (secondary N) is 2. The van der Waals surface area contributed by atoms with Crippen LogP contribution in [0.15, 0.2) is 55.2 Å². The van der Waals surface area contributed by atoms with Crippen LogP contribution in [0.25, 0.3) is 0 Å². The summed E-state index contributed by atoms with van der Waals surface area (Å²) in [5, 5.41) is 10.4. The summed E-state index contributed by atoms with van der Waals surface area (Å²) >= 11 is 0. The number of likely N-dealkylation sites (N-methyl/N-ethyl adjacent to an activating group) is 1. The number of hydrogen-bond donors (Lipinski definition) is 3. The van der Waals surface area contributed by atoms with Gasteiger partial charge in [0.05, 0.1) is 17.9 Å². The van der Waals surface area contributed by atoms with Crippen LogP contribution in [0.1, 0.15) is 22.0 Å². The molecular weight excluding hydrogens is 330 g/mol. The van der Waals surface area contributed by atoms with E-state index in [1.54, 1.807) is 6.20 Å². The molecule has 1 amide bonds. The van der Waals surface area contributed by atoms with Gasteiger partial charge in [0, 0.05) is 18.9 Å². The van der Waals surface area contributed by atoms with Crippen LogP contribution in [0.2, 0.25) is 0 Å². The van der Waals surface area contributed by atoms with Crippen LogP contribution in [-0.2, 0) is 6.42 Å². The first kappa shape index (κ1) is 17.6. The van der Waals surface area contributed by atoms with Gasteiger partial charge in [0.15, 0.2) is 0 Å². The molecule has 134 valence electrons. The summed E-state index contributed by atoms with van der Waals surface area (Å²) in [6, 6.07) is 10.3. The number of nitrogens with zero attached hydrogens (tertiary/aromatic N) is 4. The highest BCUT2D eigenvalue weighted by Crippen LogP contribution is 2.17. The van der Waals surface area contributed by atoms with Gasteiger partial charge < -0.3 is 16.4 Å². The van der Waals surface area contributed by atoms with Gasteiger partial charge in [-0.05, 0) is 19.0 Å². The Labute approximate surface area is 151 Å². The number of anilines is 2. The lowest BCUT2D eigenvalue weighted by Crippen LogP contribution is -2.24. The molecule has 0 saturated heterocycles. The number of amides is 1. The highest BCUT2D eigenvalue weighted by Gasteiger charge is 2.15. The van der Waals surface area contributed by atoms with Gasteiger partial charge in [-0.25, -0.2) is 9.97 Å². The first-order chi connectivity index (χ1) is 12.7. The van der Waals surface area contributed by atoms with Crippen molar-refractivity contribution in [3.8, 4) is 0 Å². The normalized spacial score (nSPS) is 11.9. The van der Waals surface area contributed by atoms with Crippen LogP contribution < -0.4 is 16.4 Å². The number of nitrogen functional groups attached to an aromatic ring is 1. The fourth-order valence-electron chi connectivity index (χ4n) is 2.70. The lowest BCUT2D eigenvalue weighted by Gasteiger charge is -2.17. The number of carbonyl (C=O) groups excluding carboxylic acids is 1. The number of aromatic nitrogens is 4. The third-order valence-corrected chi connectivity index (χ3v) is 3.98. The summed E-state index contributed by atoms with van der Waals surface area (Å²) in [6.07, 6.45) is 6.95. The van der Waals surface area contributed by atoms with Crippen LogP contribution in [0, 0.1) is 0 Å². The summed E-state index contributed by atoms with van der Waals surface area (Å²) in [5.74, 6) is -0.224. The molecule has 0 aliphatic heterocycles. The molecule has 0 fully saturated rings. The van der Waals surface area contributed by atoms with E-state index < -0.39 is 0 Å². The average Bonchev–Trinajstić information content (AvgIpc) is 3.11. The molecule has 0 bridgehead atoms. The van der Waals surface area contributed by atoms with Crippen LogP contribution in [0.3, 0.4) is 0 Å². The van der Waals surface area contributed by atoms with Crippen molar-refractivity contribution < 1.29 is 4.79 Å². The van der Waals surface area contributed by atoms with Crippen molar-refractivity contribution in [1.82, 2.24) is 25.1 Å². The summed E-state index contributed by atoms with van der Waals surface area (Å²) in [5.41, 5.74) is 7.76. The maximum atomic E-state index is 12.3. The molecule has 4 N–H and O–H groups in total. The molecule has 1 unspecified atom stereocenters. The second kappa shape index (κ2) is 8.21. The molecule has 0 aliphatic rings. The van der Waals surface area contributed by atoms with Gasteiger partial charge in [0.25, 0.3) is 5.91 Å². The lowest BCUT2D eigenvalue weighted by molar-refractivity contribution is 0.102. The molecule has 8 heteroatoms. The molecule has 1 aromatic carbocycles. The minimum atomic E-state index is -0.365. The van der Waals surface area contributed by atoms with Gasteiger partial charge >= 0.3 is 0 Å². The van der Waals surface area contributed by atoms with Crippen molar-refractivity contribution in [2.45, 2.75) is 12.5 Å². The fraction of sp³-hybridized carbons (Fsp3) is 0.222. The Hall–Kier alpha value is -3.26. The van der Waals surface area contributed by atoms with E-state index in [1.807, 2.05) is 36.1 Å². The lowest BCUT2D eigenvalue weighted by atomic mass is 10.1. The van der Waals surface area contributed by atoms with Crippen LogP contribution in [0.5, 0.6) is 0 Å². The van der Waals surface area contributed by atoms with Gasteiger partial charge in [-0.3, -0.25) is 9.48 Å². The maximum absolute atomic E-state index is 12.3. The molecule has 0 aliphatic carbocycles. The van der Waals surface area contributed by atoms with Gasteiger partial charge in [0.2, 0.25) is 0 Å². The predicted molar refractivity (Wildman–Crippen MR) is 99.7 cm³/mol. The van der Waals surface area contributed by atoms with E-state index >= 15 is 0 Å². The Morgan fingerprint density at radius 3 is 2.81 bits per heavy atom. The zero-order valence-corrected chi connectivity index (χ0v) is 14.5. The Morgan fingerprint density at radius 1 is 1.27 bits per heavy atom. The Morgan fingerprint density at radius 2 is 2.08 bits per heavy atom. The van der Waals surface area contributed by atoms with Gasteiger partial charge in [-0.2, -0.15) is 5.10 Å². The average molecular weight is 351 g/mol. The van der Waals surface area contributed by atoms with Gasteiger partial charge in [-0.15, -0.1) is 0 Å². The van der Waals surface area contributed by atoms with E-state index in [9.17, 15) is 4.79 Å². The first-order valence-electron chi connectivity index (χ1n) is 8.27. The quantitative estimate of drug-likeness (QED) is 0.595. The Kier molecular flexibility index (Phi) is 5.55. The van der Waals surface area contributed by atoms with Gasteiger partial charge in [0.1, 0.15) is 17.7 Å². The minimum absolute atomic E-state index is 0.123. The van der Waals surface area contributed by atoms with E-state index in [1.165, 1.54) is 18.1 Å². The zero-order chi connectivity index (χ0) is 18.4. The molecule has 8 nitrogen and oxygen atoms in total. The highest BCUT2D eigenvalue weighted by atomic mass is 16.1. The molecule has 2 aromatic heterocycles. The molecule has 26 heavy (non-hydrogen) atoms. The number of benzene rings is 1. The van der Waals surface area contributed by atoms with Crippen LogP contribution in [0.4, 0.5) is 11.5 Å². The third-order valence-electron chi connectivity index (χ3n) is 3.98. The summed E-state index contributed by atoms with van der Waals surface area (Å²) < 4.78 is 1.85. The molecule has 0 saturated carbocycles. The monoisotopic (exact) mass is 351 g/mol. The fourth-order valence-corrected chi connectivity index (χ4v) is 2.70. The molecule has 0 radical (unpaired) electrons. The Bertz CT molecular complexity index is 863. The molecule has 1 atom stereocenters. The summed E-state index contributed by atoms with van der Waals surface area (Å²) in [4.78, 5) is 20.0. The van der Waals surface area contributed by atoms with Crippen molar-refractivity contribution >= 4 is 17.4 Å². The summed E-state index contributed by atoms with van der Waals surface area (Å²) in [7, 11) is 1.91. The van der Waals surface area contributed by atoms with Crippen LogP contribution in [-0.4, -0.2) is 39.2 Å². The molecule has 3 aromatic rings. The third kappa shape index (κ3) is 4.22. The molecule has 3 rings (SSSR count). The maximum Gasteiger partial charge on any atom is 0.261 e. The van der Waals surface area contributed by atoms with E-state index in [0.717, 1.165) is 13.0 Å². The van der Waals surface area contributed by atoms with Crippen molar-refractivity contribution in [3.05, 3.63) is 66.4 Å². The number of hydrogen-bond acceptors (Lipinski definition) is 6. The summed E-state index contributed by atoms with van der Waals surface area (Å²) in [6.45, 7) is 0.753. The predicted octanol–water partition coefficient (Wildman–Crippen LogP) is 1.51. The van der Waals surface area contributed by atoms with E-state index in [-0.39, 0.29) is 23.3 Å². The van der Waals surface area contributed by atoms with Gasteiger partial charge in [-0.1, -0.05) is 30.3 Å². The molecular formula is C18H21N7O. The van der Waals surface area contributed by atoms with E-state index in [4.69, 9.17) is 5.73 Å². The van der Waals surface area contributed by atoms with E-state index in [0.29, 0.717) is 5.69 Å². The van der Waals surface area contributed by atoms with Crippen molar-refractivity contribution in [1.29, 1.82) is 0 Å². The smallest absolute Gasteiger partial charge is 0.261 e. The standard InChI is InChI=1S/C18H21N7O/c1-20-9-15(7-13-5-3-2-4-6-13)25-11-14(8-23-25)24-18(26)16-10-21-12-22-17(16)19/h2-6,8,10-12,15,20H,7,9H2,1H3,(H,24,26)(H2,19,21,22).